The monoisotopic (exact) mass is 304 g/mol. The second kappa shape index (κ2) is 7.65. The molecule has 2 nitrogen and oxygen atoms in total. The van der Waals surface area contributed by atoms with Crippen LogP contribution in [0.5, 0.6) is 0 Å². The van der Waals surface area contributed by atoms with Gasteiger partial charge in [0.2, 0.25) is 0 Å². The molecule has 1 heterocycles. The molecule has 0 saturated heterocycles. The van der Waals surface area contributed by atoms with E-state index < -0.39 is 0 Å². The molecule has 0 amide bonds. The highest BCUT2D eigenvalue weighted by atomic mass is 35.5. The molecule has 0 fully saturated rings. The molecule has 2 rings (SSSR count). The molecule has 2 aromatic rings. The molecule has 2 unspecified atom stereocenters. The van der Waals surface area contributed by atoms with Gasteiger partial charge in [0.25, 0.3) is 0 Å². The van der Waals surface area contributed by atoms with Crippen molar-refractivity contribution < 1.29 is 0 Å². The van der Waals surface area contributed by atoms with Crippen LogP contribution >= 0.6 is 11.6 Å². The van der Waals surface area contributed by atoms with Gasteiger partial charge in [0.15, 0.2) is 0 Å². The van der Waals surface area contributed by atoms with Crippen LogP contribution in [0.25, 0.3) is 0 Å². The summed E-state index contributed by atoms with van der Waals surface area (Å²) in [5.41, 5.74) is 3.82. The Morgan fingerprint density at radius 3 is 2.71 bits per heavy atom. The SMILES string of the molecule is CCC(C)n1ccc(CC(CCl)Cc2cccc(C)c2)n1. The first kappa shape index (κ1) is 16.1. The summed E-state index contributed by atoms with van der Waals surface area (Å²) < 4.78 is 2.06. The molecule has 0 aliphatic carbocycles. The molecular formula is C18H25ClN2. The van der Waals surface area contributed by atoms with Crippen LogP contribution in [0, 0.1) is 12.8 Å². The number of rotatable bonds is 7. The fourth-order valence-corrected chi connectivity index (χ4v) is 2.79. The maximum atomic E-state index is 6.17. The summed E-state index contributed by atoms with van der Waals surface area (Å²) in [6.07, 6.45) is 5.15. The van der Waals surface area contributed by atoms with Crippen LogP contribution in [-0.4, -0.2) is 15.7 Å². The van der Waals surface area contributed by atoms with Crippen LogP contribution in [0.3, 0.4) is 0 Å². The van der Waals surface area contributed by atoms with E-state index in [-0.39, 0.29) is 0 Å². The minimum Gasteiger partial charge on any atom is -0.270 e. The third-order valence-electron chi connectivity index (χ3n) is 4.03. The first-order valence-corrected chi connectivity index (χ1v) is 8.31. The molecule has 1 aromatic heterocycles. The Morgan fingerprint density at radius 2 is 2.05 bits per heavy atom. The minimum absolute atomic E-state index is 0.439. The number of nitrogens with zero attached hydrogens (tertiary/aromatic N) is 2. The molecule has 114 valence electrons. The molecule has 0 saturated carbocycles. The molecule has 2 atom stereocenters. The van der Waals surface area contributed by atoms with Crippen LogP contribution in [0.15, 0.2) is 36.5 Å². The van der Waals surface area contributed by atoms with Crippen molar-refractivity contribution >= 4 is 11.6 Å². The Labute approximate surface area is 133 Å². The molecule has 3 heteroatoms. The Bertz CT molecular complexity index is 562. The topological polar surface area (TPSA) is 17.8 Å². The first-order valence-electron chi connectivity index (χ1n) is 7.78. The predicted molar refractivity (Wildman–Crippen MR) is 90.0 cm³/mol. The first-order chi connectivity index (χ1) is 10.1. The largest absolute Gasteiger partial charge is 0.270 e. The summed E-state index contributed by atoms with van der Waals surface area (Å²) in [5.74, 6) is 1.11. The second-order valence-electron chi connectivity index (χ2n) is 5.96. The molecule has 0 spiro atoms. The lowest BCUT2D eigenvalue weighted by Crippen LogP contribution is -2.12. The van der Waals surface area contributed by atoms with E-state index >= 15 is 0 Å². The van der Waals surface area contributed by atoms with Gasteiger partial charge in [-0.2, -0.15) is 5.10 Å². The Kier molecular flexibility index (Phi) is 5.86. The number of hydrogen-bond donors (Lipinski definition) is 0. The summed E-state index contributed by atoms with van der Waals surface area (Å²) in [5, 5.41) is 4.69. The third-order valence-corrected chi connectivity index (χ3v) is 4.47. The number of aromatic nitrogens is 2. The van der Waals surface area contributed by atoms with E-state index in [9.17, 15) is 0 Å². The lowest BCUT2D eigenvalue weighted by Gasteiger charge is -2.13. The average molecular weight is 305 g/mol. The van der Waals surface area contributed by atoms with E-state index in [1.165, 1.54) is 11.1 Å². The molecule has 1 aromatic carbocycles. The summed E-state index contributed by atoms with van der Waals surface area (Å²) in [4.78, 5) is 0. The van der Waals surface area contributed by atoms with Gasteiger partial charge < -0.3 is 0 Å². The van der Waals surface area contributed by atoms with E-state index in [2.05, 4.69) is 67.1 Å². The van der Waals surface area contributed by atoms with Crippen LogP contribution in [-0.2, 0) is 12.8 Å². The standard InChI is InChI=1S/C18H25ClN2/c1-4-15(3)21-9-8-18(20-21)12-17(13-19)11-16-7-5-6-14(2)10-16/h5-10,15,17H,4,11-13H2,1-3H3. The van der Waals surface area contributed by atoms with E-state index in [1.54, 1.807) is 0 Å². The summed E-state index contributed by atoms with van der Waals surface area (Å²) >= 11 is 6.17. The fourth-order valence-electron chi connectivity index (χ4n) is 2.57. The number of benzene rings is 1. The van der Waals surface area contributed by atoms with Gasteiger partial charge in [0.1, 0.15) is 0 Å². The van der Waals surface area contributed by atoms with Crippen molar-refractivity contribution in [2.45, 2.75) is 46.1 Å². The molecule has 0 radical (unpaired) electrons. The van der Waals surface area contributed by atoms with Crippen molar-refractivity contribution in [2.24, 2.45) is 5.92 Å². The van der Waals surface area contributed by atoms with Gasteiger partial charge in [-0.15, -0.1) is 11.6 Å². The lowest BCUT2D eigenvalue weighted by molar-refractivity contribution is 0.468. The highest BCUT2D eigenvalue weighted by Crippen LogP contribution is 2.17. The number of alkyl halides is 1. The van der Waals surface area contributed by atoms with E-state index in [1.807, 2.05) is 0 Å². The van der Waals surface area contributed by atoms with Gasteiger partial charge in [-0.3, -0.25) is 4.68 Å². The van der Waals surface area contributed by atoms with Gasteiger partial charge in [-0.1, -0.05) is 36.8 Å². The van der Waals surface area contributed by atoms with E-state index in [0.29, 0.717) is 17.8 Å². The Morgan fingerprint density at radius 1 is 1.24 bits per heavy atom. The quantitative estimate of drug-likeness (QED) is 0.672. The van der Waals surface area contributed by atoms with Gasteiger partial charge in [0, 0.05) is 18.1 Å². The predicted octanol–water partition coefficient (Wildman–Crippen LogP) is 4.80. The summed E-state index contributed by atoms with van der Waals surface area (Å²) in [6.45, 7) is 6.51. The van der Waals surface area contributed by atoms with Gasteiger partial charge in [0.05, 0.1) is 5.69 Å². The average Bonchev–Trinajstić information content (AvgIpc) is 2.94. The fraction of sp³-hybridized carbons (Fsp3) is 0.500. The molecule has 0 N–H and O–H groups in total. The van der Waals surface area contributed by atoms with Crippen molar-refractivity contribution in [1.82, 2.24) is 9.78 Å². The molecule has 0 bridgehead atoms. The molecule has 0 aliphatic heterocycles. The van der Waals surface area contributed by atoms with E-state index in [4.69, 9.17) is 11.6 Å². The number of aryl methyl sites for hydroxylation is 1. The van der Waals surface area contributed by atoms with Crippen molar-refractivity contribution in [3.05, 3.63) is 53.3 Å². The zero-order chi connectivity index (χ0) is 15.2. The lowest BCUT2D eigenvalue weighted by atomic mass is 9.96. The highest BCUT2D eigenvalue weighted by molar-refractivity contribution is 6.18. The van der Waals surface area contributed by atoms with Crippen molar-refractivity contribution in [2.75, 3.05) is 5.88 Å². The maximum absolute atomic E-state index is 6.17. The highest BCUT2D eigenvalue weighted by Gasteiger charge is 2.13. The molecular weight excluding hydrogens is 280 g/mol. The van der Waals surface area contributed by atoms with Crippen molar-refractivity contribution in [3.8, 4) is 0 Å². The zero-order valence-electron chi connectivity index (χ0n) is 13.2. The summed E-state index contributed by atoms with van der Waals surface area (Å²) in [7, 11) is 0. The molecule has 21 heavy (non-hydrogen) atoms. The van der Waals surface area contributed by atoms with Crippen LogP contribution in [0.1, 0.15) is 43.1 Å². The second-order valence-corrected chi connectivity index (χ2v) is 6.27. The van der Waals surface area contributed by atoms with Crippen molar-refractivity contribution in [3.63, 3.8) is 0 Å². The summed E-state index contributed by atoms with van der Waals surface area (Å²) in [6, 6.07) is 11.3. The Hall–Kier alpha value is -1.28. The molecule has 0 aliphatic rings. The minimum atomic E-state index is 0.439. The smallest absolute Gasteiger partial charge is 0.0628 e. The zero-order valence-corrected chi connectivity index (χ0v) is 14.0. The van der Waals surface area contributed by atoms with E-state index in [0.717, 1.165) is 25.0 Å². The normalized spacial score (nSPS) is 14.1. The van der Waals surface area contributed by atoms with Gasteiger partial charge in [-0.25, -0.2) is 0 Å². The Balaban J connectivity index is 2.00. The third kappa shape index (κ3) is 4.60. The van der Waals surface area contributed by atoms with Crippen LogP contribution in [0.4, 0.5) is 0 Å². The maximum Gasteiger partial charge on any atom is 0.0628 e. The van der Waals surface area contributed by atoms with Gasteiger partial charge in [-0.05, 0) is 50.7 Å². The van der Waals surface area contributed by atoms with Crippen LogP contribution in [0.2, 0.25) is 0 Å². The number of halogens is 1. The van der Waals surface area contributed by atoms with Crippen LogP contribution < -0.4 is 0 Å². The van der Waals surface area contributed by atoms with Gasteiger partial charge >= 0.3 is 0 Å². The van der Waals surface area contributed by atoms with Crippen molar-refractivity contribution in [1.29, 1.82) is 0 Å². The number of hydrogen-bond acceptors (Lipinski definition) is 1.